The van der Waals surface area contributed by atoms with Gasteiger partial charge in [-0.15, -0.1) is 0 Å². The normalized spacial score (nSPS) is 10.6. The molecule has 0 amide bonds. The van der Waals surface area contributed by atoms with Crippen molar-refractivity contribution < 1.29 is 23.8 Å². The number of benzene rings is 2. The second kappa shape index (κ2) is 15.4. The van der Waals surface area contributed by atoms with Gasteiger partial charge in [-0.25, -0.2) is 9.59 Å². The Labute approximate surface area is 225 Å². The molecule has 0 unspecified atom stereocenters. The molecule has 1 heterocycles. The topological polar surface area (TPSA) is 74.7 Å². The highest BCUT2D eigenvalue weighted by Crippen LogP contribution is 2.22. The predicted molar refractivity (Wildman–Crippen MR) is 149 cm³/mol. The van der Waals surface area contributed by atoms with E-state index >= 15 is 0 Å². The molecule has 1 aromatic heterocycles. The van der Waals surface area contributed by atoms with Crippen LogP contribution in [0.15, 0.2) is 79.0 Å². The molecule has 200 valence electrons. The highest BCUT2D eigenvalue weighted by atomic mass is 16.5. The summed E-state index contributed by atoms with van der Waals surface area (Å²) in [5, 5.41) is 0. The lowest BCUT2D eigenvalue weighted by Crippen LogP contribution is -2.08. The van der Waals surface area contributed by atoms with E-state index in [9.17, 15) is 9.59 Å². The van der Waals surface area contributed by atoms with Gasteiger partial charge in [-0.3, -0.25) is 4.98 Å². The van der Waals surface area contributed by atoms with Crippen LogP contribution < -0.4 is 9.47 Å². The number of carbonyl (C=O) groups is 2. The second-order valence-electron chi connectivity index (χ2n) is 9.27. The van der Waals surface area contributed by atoms with Gasteiger partial charge in [0.15, 0.2) is 0 Å². The van der Waals surface area contributed by atoms with Gasteiger partial charge in [-0.2, -0.15) is 0 Å². The molecule has 6 nitrogen and oxygen atoms in total. The summed E-state index contributed by atoms with van der Waals surface area (Å²) >= 11 is 0. The monoisotopic (exact) mass is 515 g/mol. The van der Waals surface area contributed by atoms with Crippen LogP contribution in [0.25, 0.3) is 11.3 Å². The Morgan fingerprint density at radius 2 is 1.50 bits per heavy atom. The van der Waals surface area contributed by atoms with E-state index in [0.29, 0.717) is 35.8 Å². The number of hydrogen-bond acceptors (Lipinski definition) is 6. The standard InChI is InChI=1S/C32H37NO5/c1-4-5-10-25-11-20-30(33-23-25)26-12-18-29(19-13-26)38-32(35)27-14-16-28(17-15-27)36-21-8-6-7-9-22-37-31(34)24(2)3/h11-20,23H,2,4-10,21-22H2,1,3H3. The van der Waals surface area contributed by atoms with Crippen LogP contribution in [0, 0.1) is 0 Å². The van der Waals surface area contributed by atoms with Crippen molar-refractivity contribution in [3.63, 3.8) is 0 Å². The largest absolute Gasteiger partial charge is 0.494 e. The van der Waals surface area contributed by atoms with Crippen LogP contribution in [0.2, 0.25) is 0 Å². The third-order valence-electron chi connectivity index (χ3n) is 5.98. The molecule has 0 saturated heterocycles. The lowest BCUT2D eigenvalue weighted by molar-refractivity contribution is -0.139. The van der Waals surface area contributed by atoms with E-state index in [4.69, 9.17) is 14.2 Å². The zero-order valence-electron chi connectivity index (χ0n) is 22.4. The maximum atomic E-state index is 12.6. The highest BCUT2D eigenvalue weighted by molar-refractivity contribution is 5.91. The maximum absolute atomic E-state index is 12.6. The van der Waals surface area contributed by atoms with Crippen LogP contribution in [-0.2, 0) is 16.0 Å². The van der Waals surface area contributed by atoms with Crippen molar-refractivity contribution in [3.8, 4) is 22.8 Å². The smallest absolute Gasteiger partial charge is 0.343 e. The number of pyridine rings is 1. The van der Waals surface area contributed by atoms with Gasteiger partial charge in [0.25, 0.3) is 0 Å². The molecule has 0 aliphatic heterocycles. The number of nitrogens with zero attached hydrogens (tertiary/aromatic N) is 1. The summed E-state index contributed by atoms with van der Waals surface area (Å²) in [7, 11) is 0. The Kier molecular flexibility index (Phi) is 11.6. The number of aryl methyl sites for hydroxylation is 1. The van der Waals surface area contributed by atoms with E-state index < -0.39 is 5.97 Å². The Balaban J connectivity index is 1.38. The maximum Gasteiger partial charge on any atom is 0.343 e. The minimum Gasteiger partial charge on any atom is -0.494 e. The number of hydrogen-bond donors (Lipinski definition) is 0. The van der Waals surface area contributed by atoms with Crippen molar-refractivity contribution in [3.05, 3.63) is 90.1 Å². The number of ether oxygens (including phenoxy) is 3. The molecular formula is C32H37NO5. The van der Waals surface area contributed by atoms with Crippen LogP contribution in [0.4, 0.5) is 0 Å². The molecule has 0 spiro atoms. The Morgan fingerprint density at radius 3 is 2.13 bits per heavy atom. The second-order valence-corrected chi connectivity index (χ2v) is 9.27. The van der Waals surface area contributed by atoms with Gasteiger partial charge in [0.1, 0.15) is 11.5 Å². The van der Waals surface area contributed by atoms with Crippen LogP contribution in [-0.4, -0.2) is 30.1 Å². The van der Waals surface area contributed by atoms with E-state index in [0.717, 1.165) is 49.8 Å². The van der Waals surface area contributed by atoms with Gasteiger partial charge in [0.2, 0.25) is 0 Å². The van der Waals surface area contributed by atoms with Crippen LogP contribution in [0.3, 0.4) is 0 Å². The summed E-state index contributed by atoms with van der Waals surface area (Å²) in [6, 6.07) is 18.5. The molecule has 3 aromatic rings. The molecule has 38 heavy (non-hydrogen) atoms. The fourth-order valence-electron chi connectivity index (χ4n) is 3.71. The molecule has 2 aromatic carbocycles. The van der Waals surface area contributed by atoms with Crippen molar-refractivity contribution in [2.75, 3.05) is 13.2 Å². The van der Waals surface area contributed by atoms with Gasteiger partial charge < -0.3 is 14.2 Å². The van der Waals surface area contributed by atoms with Gasteiger partial charge in [0, 0.05) is 17.3 Å². The van der Waals surface area contributed by atoms with E-state index in [1.54, 1.807) is 43.3 Å². The van der Waals surface area contributed by atoms with Crippen molar-refractivity contribution >= 4 is 11.9 Å². The van der Waals surface area contributed by atoms with Crippen molar-refractivity contribution in [2.24, 2.45) is 0 Å². The molecule has 0 saturated carbocycles. The summed E-state index contributed by atoms with van der Waals surface area (Å²) < 4.78 is 16.4. The van der Waals surface area contributed by atoms with Gasteiger partial charge in [-0.05, 0) is 106 Å². The zero-order chi connectivity index (χ0) is 27.2. The first-order valence-corrected chi connectivity index (χ1v) is 13.3. The molecule has 0 bridgehead atoms. The van der Waals surface area contributed by atoms with Crippen molar-refractivity contribution in [2.45, 2.75) is 58.8 Å². The predicted octanol–water partition coefficient (Wildman–Crippen LogP) is 7.37. The minimum atomic E-state index is -0.421. The molecule has 0 radical (unpaired) electrons. The average molecular weight is 516 g/mol. The summed E-state index contributed by atoms with van der Waals surface area (Å²) in [4.78, 5) is 28.4. The average Bonchev–Trinajstić information content (AvgIpc) is 2.94. The van der Waals surface area contributed by atoms with Crippen LogP contribution >= 0.6 is 0 Å². The fraction of sp³-hybridized carbons (Fsp3) is 0.344. The van der Waals surface area contributed by atoms with Gasteiger partial charge in [-0.1, -0.05) is 26.0 Å². The summed E-state index contributed by atoms with van der Waals surface area (Å²) in [5.74, 6) is 0.424. The van der Waals surface area contributed by atoms with Crippen LogP contribution in [0.1, 0.15) is 68.3 Å². The van der Waals surface area contributed by atoms with Gasteiger partial charge >= 0.3 is 11.9 Å². The molecule has 3 rings (SSSR count). The highest BCUT2D eigenvalue weighted by Gasteiger charge is 2.10. The molecule has 0 fully saturated rings. The number of carbonyl (C=O) groups excluding carboxylic acids is 2. The first kappa shape index (κ1) is 28.6. The lowest BCUT2D eigenvalue weighted by Gasteiger charge is -2.08. The molecule has 6 heteroatoms. The molecule has 0 aliphatic rings. The lowest BCUT2D eigenvalue weighted by atomic mass is 10.1. The quantitative estimate of drug-likeness (QED) is 0.0910. The number of unbranched alkanes of at least 4 members (excludes halogenated alkanes) is 4. The molecular weight excluding hydrogens is 478 g/mol. The molecule has 0 N–H and O–H groups in total. The van der Waals surface area contributed by atoms with Crippen molar-refractivity contribution in [1.82, 2.24) is 4.98 Å². The molecule has 0 aliphatic carbocycles. The molecule has 0 atom stereocenters. The van der Waals surface area contributed by atoms with E-state index in [1.807, 2.05) is 24.4 Å². The summed E-state index contributed by atoms with van der Waals surface area (Å²) in [6.45, 7) is 8.38. The Bertz CT molecular complexity index is 1170. The Morgan fingerprint density at radius 1 is 0.816 bits per heavy atom. The third kappa shape index (κ3) is 9.51. The van der Waals surface area contributed by atoms with E-state index in [1.165, 1.54) is 12.0 Å². The number of rotatable bonds is 15. The Hall–Kier alpha value is -3.93. The minimum absolute atomic E-state index is 0.338. The first-order valence-electron chi connectivity index (χ1n) is 13.3. The third-order valence-corrected chi connectivity index (χ3v) is 5.98. The number of esters is 2. The zero-order valence-corrected chi connectivity index (χ0v) is 22.4. The van der Waals surface area contributed by atoms with Crippen molar-refractivity contribution in [1.29, 1.82) is 0 Å². The van der Waals surface area contributed by atoms with E-state index in [-0.39, 0.29) is 5.97 Å². The van der Waals surface area contributed by atoms with E-state index in [2.05, 4.69) is 24.6 Å². The van der Waals surface area contributed by atoms with Gasteiger partial charge in [0.05, 0.1) is 24.5 Å². The fourth-order valence-corrected chi connectivity index (χ4v) is 3.71. The summed E-state index contributed by atoms with van der Waals surface area (Å²) in [6.07, 6.45) is 8.96. The first-order chi connectivity index (χ1) is 18.5. The van der Waals surface area contributed by atoms with Crippen LogP contribution in [0.5, 0.6) is 11.5 Å². The summed E-state index contributed by atoms with van der Waals surface area (Å²) in [5.41, 5.74) is 3.98. The number of aromatic nitrogens is 1. The SMILES string of the molecule is C=C(C)C(=O)OCCCCCCOc1ccc(C(=O)Oc2ccc(-c3ccc(CCCC)cn3)cc2)cc1.